The van der Waals surface area contributed by atoms with E-state index in [2.05, 4.69) is 4.40 Å². The smallest absolute Gasteiger partial charge is 0.282 e. The van der Waals surface area contributed by atoms with E-state index in [9.17, 15) is 22.8 Å². The van der Waals surface area contributed by atoms with Crippen LogP contribution in [-0.2, 0) is 14.8 Å². The number of sulfonamides is 1. The third kappa shape index (κ3) is 2.88. The van der Waals surface area contributed by atoms with Gasteiger partial charge in [-0.05, 0) is 42.5 Å². The molecule has 0 aliphatic heterocycles. The van der Waals surface area contributed by atoms with Crippen LogP contribution >= 0.6 is 0 Å². The number of fused-ring (bicyclic) bond motifs is 2. The zero-order valence-corrected chi connectivity index (χ0v) is 14.6. The monoisotopic (exact) mass is 377 g/mol. The standard InChI is InChI=1S/C20H11NO5S/c22-13-7-5-12(6-8-13)21-27(25,26)14-9-10-17-18(11-14)20(24)16-4-2-1-3-15(16)19(17)23/h1-11H. The molecule has 0 bridgehead atoms. The fraction of sp³-hybridized carbons (Fsp3) is 0. The van der Waals surface area contributed by atoms with E-state index in [0.29, 0.717) is 5.56 Å². The average molecular weight is 377 g/mol. The van der Waals surface area contributed by atoms with E-state index in [1.807, 2.05) is 0 Å². The van der Waals surface area contributed by atoms with Gasteiger partial charge in [-0.1, -0.05) is 24.3 Å². The van der Waals surface area contributed by atoms with Gasteiger partial charge in [0.2, 0.25) is 0 Å². The van der Waals surface area contributed by atoms with Gasteiger partial charge in [-0.15, -0.1) is 0 Å². The number of carbonyl (C=O) groups is 3. The van der Waals surface area contributed by atoms with E-state index in [1.54, 1.807) is 18.2 Å². The molecule has 0 radical (unpaired) electrons. The van der Waals surface area contributed by atoms with Crippen molar-refractivity contribution >= 4 is 33.1 Å². The SMILES string of the molecule is O=C1C=CC(=NS(=O)(=O)c2ccc3c(c2)C(=O)c2ccccc2C3=O)C=C1. The third-order valence-corrected chi connectivity index (χ3v) is 5.56. The number of hydrogen-bond donors (Lipinski definition) is 0. The van der Waals surface area contributed by atoms with Crippen molar-refractivity contribution in [2.24, 2.45) is 4.40 Å². The molecule has 0 saturated carbocycles. The lowest BCUT2D eigenvalue weighted by Gasteiger charge is -2.17. The van der Waals surface area contributed by atoms with Crippen LogP contribution in [0.2, 0.25) is 0 Å². The van der Waals surface area contributed by atoms with E-state index in [-0.39, 0.29) is 38.9 Å². The molecule has 7 heteroatoms. The van der Waals surface area contributed by atoms with Crippen LogP contribution in [0.4, 0.5) is 0 Å². The first-order valence-electron chi connectivity index (χ1n) is 7.94. The van der Waals surface area contributed by atoms with E-state index in [4.69, 9.17) is 0 Å². The maximum Gasteiger partial charge on any atom is 0.282 e. The molecule has 0 saturated heterocycles. The normalized spacial score (nSPS) is 15.6. The van der Waals surface area contributed by atoms with Crippen molar-refractivity contribution in [3.05, 3.63) is 89.0 Å². The third-order valence-electron chi connectivity index (χ3n) is 4.26. The summed E-state index contributed by atoms with van der Waals surface area (Å²) in [5, 5.41) is 0. The highest BCUT2D eigenvalue weighted by atomic mass is 32.2. The second-order valence-corrected chi connectivity index (χ2v) is 7.58. The molecule has 4 rings (SSSR count). The van der Waals surface area contributed by atoms with Gasteiger partial charge < -0.3 is 0 Å². The topological polar surface area (TPSA) is 97.7 Å². The van der Waals surface area contributed by atoms with Crippen LogP contribution in [0.5, 0.6) is 0 Å². The molecule has 2 aliphatic rings. The van der Waals surface area contributed by atoms with Crippen molar-refractivity contribution in [3.63, 3.8) is 0 Å². The molecule has 132 valence electrons. The number of hydrogen-bond acceptors (Lipinski definition) is 5. The minimum absolute atomic E-state index is 0.0323. The van der Waals surface area contributed by atoms with Crippen LogP contribution in [0.3, 0.4) is 0 Å². The van der Waals surface area contributed by atoms with Crippen molar-refractivity contribution in [2.45, 2.75) is 4.90 Å². The second-order valence-electron chi connectivity index (χ2n) is 5.97. The quantitative estimate of drug-likeness (QED) is 0.638. The number of carbonyl (C=O) groups excluding carboxylic acids is 3. The Hall–Kier alpha value is -3.45. The highest BCUT2D eigenvalue weighted by molar-refractivity contribution is 7.90. The summed E-state index contributed by atoms with van der Waals surface area (Å²) >= 11 is 0. The number of allylic oxidation sites excluding steroid dienone is 4. The Morgan fingerprint density at radius 2 is 1.22 bits per heavy atom. The largest absolute Gasteiger partial charge is 0.290 e. The van der Waals surface area contributed by atoms with Gasteiger partial charge in [0, 0.05) is 22.3 Å². The first-order valence-corrected chi connectivity index (χ1v) is 9.38. The van der Waals surface area contributed by atoms with Crippen molar-refractivity contribution in [3.8, 4) is 0 Å². The van der Waals surface area contributed by atoms with E-state index in [1.165, 1.54) is 48.6 Å². The van der Waals surface area contributed by atoms with Gasteiger partial charge in [-0.3, -0.25) is 14.4 Å². The second kappa shape index (κ2) is 6.07. The Bertz CT molecular complexity index is 1210. The Morgan fingerprint density at radius 3 is 1.85 bits per heavy atom. The lowest BCUT2D eigenvalue weighted by atomic mass is 9.84. The molecule has 2 aromatic carbocycles. The molecule has 2 aromatic rings. The summed E-state index contributed by atoms with van der Waals surface area (Å²) < 4.78 is 28.8. The highest BCUT2D eigenvalue weighted by Gasteiger charge is 2.30. The van der Waals surface area contributed by atoms with Gasteiger partial charge in [-0.2, -0.15) is 12.8 Å². The molecule has 0 N–H and O–H groups in total. The summed E-state index contributed by atoms with van der Waals surface area (Å²) in [5.74, 6) is -0.997. The molecule has 6 nitrogen and oxygen atoms in total. The van der Waals surface area contributed by atoms with Crippen LogP contribution in [0.25, 0.3) is 0 Å². The van der Waals surface area contributed by atoms with Gasteiger partial charge in [0.1, 0.15) is 0 Å². The van der Waals surface area contributed by atoms with Gasteiger partial charge >= 0.3 is 0 Å². The lowest BCUT2D eigenvalue weighted by molar-refractivity contribution is -0.110. The summed E-state index contributed by atoms with van der Waals surface area (Å²) in [6.07, 6.45) is 5.01. The number of rotatable bonds is 2. The Labute approximate surface area is 154 Å². The molecule has 0 atom stereocenters. The summed E-state index contributed by atoms with van der Waals surface area (Å²) in [5.41, 5.74) is 0.832. The molecular weight excluding hydrogens is 366 g/mol. The summed E-state index contributed by atoms with van der Waals surface area (Å²) in [6, 6.07) is 10.2. The predicted octanol–water partition coefficient (Wildman–Crippen LogP) is 2.29. The molecule has 0 aromatic heterocycles. The van der Waals surface area contributed by atoms with Gasteiger partial charge in [-0.25, -0.2) is 0 Å². The summed E-state index contributed by atoms with van der Waals surface area (Å²) in [6.45, 7) is 0. The Morgan fingerprint density at radius 1 is 0.667 bits per heavy atom. The molecule has 0 spiro atoms. The molecule has 0 unspecified atom stereocenters. The number of benzene rings is 2. The molecular formula is C20H11NO5S. The van der Waals surface area contributed by atoms with Crippen LogP contribution < -0.4 is 0 Å². The van der Waals surface area contributed by atoms with Crippen LogP contribution in [-0.4, -0.2) is 31.5 Å². The first-order chi connectivity index (χ1) is 12.9. The van der Waals surface area contributed by atoms with Crippen LogP contribution in [0.1, 0.15) is 31.8 Å². The summed E-state index contributed by atoms with van der Waals surface area (Å²) in [7, 11) is -4.12. The van der Waals surface area contributed by atoms with Crippen molar-refractivity contribution < 1.29 is 22.8 Å². The van der Waals surface area contributed by atoms with E-state index in [0.717, 1.165) is 0 Å². The highest BCUT2D eigenvalue weighted by Crippen LogP contribution is 2.29. The van der Waals surface area contributed by atoms with Crippen LogP contribution in [0.15, 0.2) is 76.1 Å². The van der Waals surface area contributed by atoms with E-state index >= 15 is 0 Å². The zero-order chi connectivity index (χ0) is 19.2. The van der Waals surface area contributed by atoms with Crippen molar-refractivity contribution in [1.82, 2.24) is 0 Å². The molecule has 0 amide bonds. The summed E-state index contributed by atoms with van der Waals surface area (Å²) in [4.78, 5) is 36.2. The minimum Gasteiger partial charge on any atom is -0.290 e. The molecule has 2 aliphatic carbocycles. The van der Waals surface area contributed by atoms with Crippen LogP contribution in [0, 0.1) is 0 Å². The van der Waals surface area contributed by atoms with E-state index < -0.39 is 15.8 Å². The zero-order valence-electron chi connectivity index (χ0n) is 13.7. The fourth-order valence-electron chi connectivity index (χ4n) is 2.94. The average Bonchev–Trinajstić information content (AvgIpc) is 2.67. The maximum absolute atomic E-state index is 12.7. The Balaban J connectivity index is 1.80. The fourth-order valence-corrected chi connectivity index (χ4v) is 3.95. The minimum atomic E-state index is -4.12. The van der Waals surface area contributed by atoms with Gasteiger partial charge in [0.05, 0.1) is 10.6 Å². The molecule has 27 heavy (non-hydrogen) atoms. The number of nitrogens with zero attached hydrogens (tertiary/aromatic N) is 1. The van der Waals surface area contributed by atoms with Crippen molar-refractivity contribution in [1.29, 1.82) is 0 Å². The molecule has 0 heterocycles. The maximum atomic E-state index is 12.7. The lowest BCUT2D eigenvalue weighted by Crippen LogP contribution is -2.21. The Kier molecular flexibility index (Phi) is 3.82. The van der Waals surface area contributed by atoms with Crippen molar-refractivity contribution in [2.75, 3.05) is 0 Å². The number of ketones is 3. The first kappa shape index (κ1) is 17.0. The van der Waals surface area contributed by atoms with Gasteiger partial charge in [0.15, 0.2) is 17.3 Å². The predicted molar refractivity (Wildman–Crippen MR) is 97.7 cm³/mol. The van der Waals surface area contributed by atoms with Gasteiger partial charge in [0.25, 0.3) is 10.0 Å². The molecule has 0 fully saturated rings.